The van der Waals surface area contributed by atoms with E-state index < -0.39 is 65.2 Å². The molecule has 1 aliphatic heterocycles. The van der Waals surface area contributed by atoms with Crippen LogP contribution in [0.3, 0.4) is 0 Å². The maximum atomic E-state index is 15.1. The summed E-state index contributed by atoms with van der Waals surface area (Å²) in [6.45, 7) is 1.05. The molecule has 1 N–H and O–H groups in total. The highest BCUT2D eigenvalue weighted by atomic mass is 32.1. The Morgan fingerprint density at radius 3 is 2.46 bits per heavy atom. The Kier molecular flexibility index (Phi) is 6.12. The Morgan fingerprint density at radius 1 is 1.09 bits per heavy atom. The van der Waals surface area contributed by atoms with Crippen LogP contribution in [0.2, 0.25) is 0 Å². The number of halogens is 6. The summed E-state index contributed by atoms with van der Waals surface area (Å²) < 4.78 is 87.0. The maximum absolute atomic E-state index is 15.1. The Bertz CT molecular complexity index is 1340. The van der Waals surface area contributed by atoms with Gasteiger partial charge in [0.15, 0.2) is 0 Å². The fourth-order valence-electron chi connectivity index (χ4n) is 3.70. The molecule has 2 amide bonds. The van der Waals surface area contributed by atoms with Gasteiger partial charge in [0.05, 0.1) is 28.5 Å². The number of alkyl halides is 4. The van der Waals surface area contributed by atoms with Crippen molar-refractivity contribution in [3.63, 3.8) is 0 Å². The molecular formula is C23H17F6N3O2S. The number of benzene rings is 2. The van der Waals surface area contributed by atoms with Crippen LogP contribution in [0.4, 0.5) is 32.0 Å². The molecule has 184 valence electrons. The molecule has 0 bridgehead atoms. The van der Waals surface area contributed by atoms with E-state index in [1.807, 2.05) is 0 Å². The van der Waals surface area contributed by atoms with Crippen molar-refractivity contribution in [3.8, 4) is 0 Å². The molecule has 0 fully saturated rings. The lowest BCUT2D eigenvalue weighted by Gasteiger charge is -2.33. The van der Waals surface area contributed by atoms with Gasteiger partial charge in [-0.1, -0.05) is 0 Å². The summed E-state index contributed by atoms with van der Waals surface area (Å²) in [4.78, 5) is 29.1. The van der Waals surface area contributed by atoms with E-state index in [2.05, 4.69) is 10.3 Å². The summed E-state index contributed by atoms with van der Waals surface area (Å²) in [5.41, 5.74) is -2.03. The van der Waals surface area contributed by atoms with E-state index in [0.29, 0.717) is 12.1 Å². The van der Waals surface area contributed by atoms with Gasteiger partial charge in [0.25, 0.3) is 11.8 Å². The molecule has 4 rings (SSSR count). The van der Waals surface area contributed by atoms with Gasteiger partial charge in [-0.2, -0.15) is 17.6 Å². The van der Waals surface area contributed by atoms with Gasteiger partial charge in [-0.05, 0) is 55.8 Å². The third kappa shape index (κ3) is 4.62. The molecular weight excluding hydrogens is 496 g/mol. The Labute approximate surface area is 199 Å². The van der Waals surface area contributed by atoms with Crippen LogP contribution in [-0.2, 0) is 23.2 Å². The number of aromatic nitrogens is 1. The molecule has 12 heteroatoms. The molecule has 0 aliphatic carbocycles. The quantitative estimate of drug-likeness (QED) is 0.468. The summed E-state index contributed by atoms with van der Waals surface area (Å²) in [6, 6.07) is 5.64. The van der Waals surface area contributed by atoms with E-state index in [0.717, 1.165) is 23.5 Å². The number of anilines is 1. The highest BCUT2D eigenvalue weighted by Crippen LogP contribution is 2.41. The molecule has 0 spiro atoms. The smallest absolute Gasteiger partial charge is 0.325 e. The van der Waals surface area contributed by atoms with Crippen molar-refractivity contribution in [2.75, 3.05) is 11.9 Å². The number of carbonyl (C=O) groups excluding carboxylic acids is 2. The lowest BCUT2D eigenvalue weighted by Crippen LogP contribution is -2.49. The first kappa shape index (κ1) is 24.7. The lowest BCUT2D eigenvalue weighted by molar-refractivity contribution is -0.167. The van der Waals surface area contributed by atoms with Crippen LogP contribution in [0.25, 0.3) is 0 Å². The minimum atomic E-state index is -4.54. The minimum Gasteiger partial charge on any atom is -0.325 e. The van der Waals surface area contributed by atoms with E-state index in [-0.39, 0.29) is 26.0 Å². The van der Waals surface area contributed by atoms with Gasteiger partial charge in [0.2, 0.25) is 0 Å². The molecule has 3 aromatic rings. The van der Waals surface area contributed by atoms with Crippen LogP contribution in [0, 0.1) is 25.5 Å². The molecule has 35 heavy (non-hydrogen) atoms. The summed E-state index contributed by atoms with van der Waals surface area (Å²) >= 11 is 0.852. The first-order valence-electron chi connectivity index (χ1n) is 10.2. The van der Waals surface area contributed by atoms with E-state index in [1.165, 1.54) is 26.0 Å². The summed E-state index contributed by atoms with van der Waals surface area (Å²) in [6.07, 6.45) is 0. The Balaban J connectivity index is 1.61. The molecule has 1 aromatic heterocycles. The molecule has 0 radical (unpaired) electrons. The molecule has 2 heterocycles. The number of rotatable bonds is 4. The average molecular weight is 513 g/mol. The van der Waals surface area contributed by atoms with Gasteiger partial charge in [-0.25, -0.2) is 13.8 Å². The fourth-order valence-corrected chi connectivity index (χ4v) is 4.70. The van der Waals surface area contributed by atoms with Gasteiger partial charge in [-0.15, -0.1) is 11.3 Å². The van der Waals surface area contributed by atoms with Crippen LogP contribution in [0.1, 0.15) is 37.1 Å². The highest BCUT2D eigenvalue weighted by molar-refractivity contribution is 7.11. The lowest BCUT2D eigenvalue weighted by atomic mass is 10.0. The van der Waals surface area contributed by atoms with Crippen molar-refractivity contribution >= 4 is 28.8 Å². The molecule has 0 unspecified atom stereocenters. The van der Waals surface area contributed by atoms with Crippen LogP contribution in [-0.4, -0.2) is 28.2 Å². The first-order valence-corrected chi connectivity index (χ1v) is 11.0. The predicted octanol–water partition coefficient (Wildman–Crippen LogP) is 5.52. The van der Waals surface area contributed by atoms with E-state index >= 15 is 8.78 Å². The zero-order chi connectivity index (χ0) is 25.7. The number of amides is 2. The number of fused-ring (bicyclic) bond motifs is 1. The number of nitrogens with zero attached hydrogens (tertiary/aromatic N) is 2. The van der Waals surface area contributed by atoms with Gasteiger partial charge in [0.1, 0.15) is 17.3 Å². The number of carbonyl (C=O) groups is 2. The molecule has 0 atom stereocenters. The summed E-state index contributed by atoms with van der Waals surface area (Å²) in [7, 11) is 0. The second-order valence-corrected chi connectivity index (χ2v) is 9.35. The SMILES string of the molecule is Cc1nc2c(s1)CN(C(=O)C(F)(F)c1cc(C(=O)Nc3ccc(F)c(C)c3)ccc1F)CC2(F)F. The normalized spacial score (nSPS) is 15.0. The summed E-state index contributed by atoms with van der Waals surface area (Å²) in [5, 5.41) is 2.66. The number of thiazole rings is 1. The standard InChI is InChI=1S/C23H17F6N3O2S/c1-11-7-14(4-6-16(11)24)31-20(33)13-3-5-17(25)15(8-13)23(28,29)21(34)32-9-18-19(22(26,27)10-32)30-12(2)35-18/h3-8H,9-10H2,1-2H3,(H,31,33). The number of hydrogen-bond acceptors (Lipinski definition) is 4. The van der Waals surface area contributed by atoms with Crippen LogP contribution in [0.15, 0.2) is 36.4 Å². The minimum absolute atomic E-state index is 0.0360. The van der Waals surface area contributed by atoms with Crippen LogP contribution < -0.4 is 5.32 Å². The largest absolute Gasteiger partial charge is 0.352 e. The fraction of sp³-hybridized carbons (Fsp3) is 0.261. The zero-order valence-corrected chi connectivity index (χ0v) is 19.1. The van der Waals surface area contributed by atoms with Crippen LogP contribution >= 0.6 is 11.3 Å². The van der Waals surface area contributed by atoms with Gasteiger partial charge in [-0.3, -0.25) is 9.59 Å². The third-order valence-corrected chi connectivity index (χ3v) is 6.37. The van der Waals surface area contributed by atoms with E-state index in [9.17, 15) is 27.2 Å². The van der Waals surface area contributed by atoms with Gasteiger partial charge < -0.3 is 10.2 Å². The third-order valence-electron chi connectivity index (χ3n) is 5.41. The molecule has 5 nitrogen and oxygen atoms in total. The van der Waals surface area contributed by atoms with E-state index in [4.69, 9.17) is 0 Å². The van der Waals surface area contributed by atoms with Crippen molar-refractivity contribution in [3.05, 3.63) is 80.3 Å². The topological polar surface area (TPSA) is 62.3 Å². The first-order chi connectivity index (χ1) is 16.3. The molecule has 0 saturated heterocycles. The maximum Gasteiger partial charge on any atom is 0.352 e. The predicted molar refractivity (Wildman–Crippen MR) is 116 cm³/mol. The van der Waals surface area contributed by atoms with Crippen molar-refractivity contribution in [1.29, 1.82) is 0 Å². The molecule has 1 aliphatic rings. The average Bonchev–Trinajstić information content (AvgIpc) is 3.17. The van der Waals surface area contributed by atoms with Crippen molar-refractivity contribution in [2.45, 2.75) is 32.2 Å². The Morgan fingerprint density at radius 2 is 1.77 bits per heavy atom. The van der Waals surface area contributed by atoms with Gasteiger partial charge >= 0.3 is 11.8 Å². The van der Waals surface area contributed by atoms with Crippen LogP contribution in [0.5, 0.6) is 0 Å². The van der Waals surface area contributed by atoms with Gasteiger partial charge in [0, 0.05) is 11.3 Å². The number of aryl methyl sites for hydroxylation is 2. The zero-order valence-electron chi connectivity index (χ0n) is 18.3. The Hall–Kier alpha value is -3.41. The van der Waals surface area contributed by atoms with Crippen molar-refractivity contribution < 1.29 is 35.9 Å². The van der Waals surface area contributed by atoms with Crippen molar-refractivity contribution in [1.82, 2.24) is 9.88 Å². The highest BCUT2D eigenvalue weighted by Gasteiger charge is 2.52. The second-order valence-electron chi connectivity index (χ2n) is 8.06. The second kappa shape index (κ2) is 8.67. The van der Waals surface area contributed by atoms with Crippen molar-refractivity contribution in [2.24, 2.45) is 0 Å². The molecule has 0 saturated carbocycles. The monoisotopic (exact) mass is 513 g/mol. The summed E-state index contributed by atoms with van der Waals surface area (Å²) in [5.74, 6) is -13.2. The number of nitrogens with one attached hydrogen (secondary N) is 1. The van der Waals surface area contributed by atoms with E-state index in [1.54, 1.807) is 0 Å². The number of hydrogen-bond donors (Lipinski definition) is 1. The molecule has 2 aromatic carbocycles.